The number of fused-ring (bicyclic) bond motifs is 1. The van der Waals surface area contributed by atoms with Crippen molar-refractivity contribution in [1.82, 2.24) is 0 Å². The first-order valence-electron chi connectivity index (χ1n) is 5.72. The normalized spacial score (nSPS) is 14.2. The SMILES string of the molecule is CC(Cl)CC(C)(C)c1cc2cc(F)ccc2o1. The van der Waals surface area contributed by atoms with Crippen LogP contribution < -0.4 is 0 Å². The highest BCUT2D eigenvalue weighted by Crippen LogP contribution is 2.34. The third-order valence-corrected chi connectivity index (χ3v) is 3.09. The fraction of sp³-hybridized carbons (Fsp3) is 0.429. The van der Waals surface area contributed by atoms with Gasteiger partial charge in [-0.1, -0.05) is 13.8 Å². The van der Waals surface area contributed by atoms with Crippen molar-refractivity contribution >= 4 is 22.6 Å². The summed E-state index contributed by atoms with van der Waals surface area (Å²) in [6.07, 6.45) is 0.816. The van der Waals surface area contributed by atoms with Gasteiger partial charge in [0.05, 0.1) is 0 Å². The van der Waals surface area contributed by atoms with Crippen LogP contribution in [-0.4, -0.2) is 5.38 Å². The lowest BCUT2D eigenvalue weighted by molar-refractivity contribution is 0.377. The summed E-state index contributed by atoms with van der Waals surface area (Å²) in [4.78, 5) is 0. The average molecular weight is 255 g/mol. The van der Waals surface area contributed by atoms with E-state index in [0.717, 1.165) is 23.2 Å². The van der Waals surface area contributed by atoms with Crippen LogP contribution >= 0.6 is 11.6 Å². The van der Waals surface area contributed by atoms with Gasteiger partial charge in [0.25, 0.3) is 0 Å². The highest BCUT2D eigenvalue weighted by molar-refractivity contribution is 6.20. The minimum Gasteiger partial charge on any atom is -0.461 e. The summed E-state index contributed by atoms with van der Waals surface area (Å²) in [6, 6.07) is 6.46. The van der Waals surface area contributed by atoms with E-state index in [2.05, 4.69) is 13.8 Å². The van der Waals surface area contributed by atoms with Gasteiger partial charge in [-0.3, -0.25) is 0 Å². The summed E-state index contributed by atoms with van der Waals surface area (Å²) in [6.45, 7) is 6.13. The molecule has 1 atom stereocenters. The van der Waals surface area contributed by atoms with Crippen molar-refractivity contribution < 1.29 is 8.81 Å². The van der Waals surface area contributed by atoms with E-state index in [9.17, 15) is 4.39 Å². The number of furan rings is 1. The van der Waals surface area contributed by atoms with E-state index in [1.54, 1.807) is 6.07 Å². The van der Waals surface area contributed by atoms with Crippen molar-refractivity contribution in [2.45, 2.75) is 38.0 Å². The standard InChI is InChI=1S/C14H16ClFO/c1-9(15)8-14(2,3)13-7-10-6-11(16)4-5-12(10)17-13/h4-7,9H,8H2,1-3H3. The number of hydrogen-bond donors (Lipinski definition) is 0. The Balaban J connectivity index is 2.42. The lowest BCUT2D eigenvalue weighted by atomic mass is 9.85. The molecule has 0 saturated carbocycles. The fourth-order valence-corrected chi connectivity index (χ4v) is 2.54. The van der Waals surface area contributed by atoms with Crippen molar-refractivity contribution in [2.75, 3.05) is 0 Å². The van der Waals surface area contributed by atoms with E-state index in [0.29, 0.717) is 0 Å². The van der Waals surface area contributed by atoms with Gasteiger partial charge in [-0.15, -0.1) is 11.6 Å². The molecule has 0 amide bonds. The van der Waals surface area contributed by atoms with Gasteiger partial charge in [0.15, 0.2) is 0 Å². The van der Waals surface area contributed by atoms with Crippen molar-refractivity contribution in [3.8, 4) is 0 Å². The molecule has 2 rings (SSSR count). The molecule has 0 saturated heterocycles. The predicted molar refractivity (Wildman–Crippen MR) is 69.1 cm³/mol. The average Bonchev–Trinajstić information content (AvgIpc) is 2.58. The Morgan fingerprint density at radius 2 is 2.06 bits per heavy atom. The maximum absolute atomic E-state index is 13.1. The lowest BCUT2D eigenvalue weighted by Crippen LogP contribution is -2.19. The van der Waals surface area contributed by atoms with Gasteiger partial charge in [0, 0.05) is 16.2 Å². The van der Waals surface area contributed by atoms with Gasteiger partial charge in [-0.25, -0.2) is 4.39 Å². The van der Waals surface area contributed by atoms with Crippen LogP contribution in [0, 0.1) is 5.82 Å². The number of rotatable bonds is 3. The van der Waals surface area contributed by atoms with Crippen LogP contribution in [0.15, 0.2) is 28.7 Å². The lowest BCUT2D eigenvalue weighted by Gasteiger charge is -2.23. The maximum atomic E-state index is 13.1. The monoisotopic (exact) mass is 254 g/mol. The van der Waals surface area contributed by atoms with Crippen LogP contribution in [0.4, 0.5) is 4.39 Å². The molecular weight excluding hydrogens is 239 g/mol. The largest absolute Gasteiger partial charge is 0.461 e. The van der Waals surface area contributed by atoms with E-state index in [1.165, 1.54) is 12.1 Å². The topological polar surface area (TPSA) is 13.1 Å². The maximum Gasteiger partial charge on any atom is 0.134 e. The van der Waals surface area contributed by atoms with Crippen LogP contribution in [0.3, 0.4) is 0 Å². The first-order chi connectivity index (χ1) is 7.88. The molecule has 3 heteroatoms. The molecule has 92 valence electrons. The van der Waals surface area contributed by atoms with E-state index >= 15 is 0 Å². The Hall–Kier alpha value is -1.02. The van der Waals surface area contributed by atoms with Gasteiger partial charge >= 0.3 is 0 Å². The van der Waals surface area contributed by atoms with E-state index < -0.39 is 0 Å². The second-order valence-corrected chi connectivity index (χ2v) is 5.91. The van der Waals surface area contributed by atoms with E-state index in [4.69, 9.17) is 16.0 Å². The molecule has 2 aromatic rings. The molecule has 0 aliphatic carbocycles. The first-order valence-corrected chi connectivity index (χ1v) is 6.16. The molecule has 0 spiro atoms. The fourth-order valence-electron chi connectivity index (χ4n) is 2.15. The smallest absolute Gasteiger partial charge is 0.134 e. The molecule has 17 heavy (non-hydrogen) atoms. The zero-order chi connectivity index (χ0) is 12.6. The summed E-state index contributed by atoms with van der Waals surface area (Å²) >= 11 is 6.03. The van der Waals surface area contributed by atoms with Crippen LogP contribution in [0.5, 0.6) is 0 Å². The number of hydrogen-bond acceptors (Lipinski definition) is 1. The number of alkyl halides is 1. The van der Waals surface area contributed by atoms with Crippen LogP contribution in [0.25, 0.3) is 11.0 Å². The molecule has 0 aliphatic heterocycles. The molecule has 0 bridgehead atoms. The van der Waals surface area contributed by atoms with Crippen molar-refractivity contribution in [3.63, 3.8) is 0 Å². The van der Waals surface area contributed by atoms with Gasteiger partial charge in [-0.2, -0.15) is 0 Å². The highest BCUT2D eigenvalue weighted by Gasteiger charge is 2.26. The summed E-state index contributed by atoms with van der Waals surface area (Å²) in [5.74, 6) is 0.610. The molecule has 1 aromatic carbocycles. The summed E-state index contributed by atoms with van der Waals surface area (Å²) in [7, 11) is 0. The molecule has 1 aromatic heterocycles. The molecule has 0 aliphatic rings. The van der Waals surface area contributed by atoms with Crippen molar-refractivity contribution in [3.05, 3.63) is 35.8 Å². The molecule has 0 fully saturated rings. The summed E-state index contributed by atoms with van der Waals surface area (Å²) in [5.41, 5.74) is 0.577. The predicted octanol–water partition coefficient (Wildman–Crippen LogP) is 4.87. The summed E-state index contributed by atoms with van der Waals surface area (Å²) in [5, 5.41) is 0.880. The highest BCUT2D eigenvalue weighted by atomic mass is 35.5. The van der Waals surface area contributed by atoms with E-state index in [1.807, 2.05) is 13.0 Å². The molecule has 1 unspecified atom stereocenters. The number of halogens is 2. The molecule has 0 N–H and O–H groups in total. The Morgan fingerprint density at radius 1 is 1.35 bits per heavy atom. The quantitative estimate of drug-likeness (QED) is 0.713. The third kappa shape index (κ3) is 2.63. The van der Waals surface area contributed by atoms with Crippen LogP contribution in [-0.2, 0) is 5.41 Å². The second-order valence-electron chi connectivity index (χ2n) is 5.16. The zero-order valence-corrected chi connectivity index (χ0v) is 11.0. The van der Waals surface area contributed by atoms with E-state index in [-0.39, 0.29) is 16.6 Å². The molecule has 1 heterocycles. The van der Waals surface area contributed by atoms with Gasteiger partial charge in [-0.05, 0) is 37.6 Å². The van der Waals surface area contributed by atoms with Crippen LogP contribution in [0.2, 0.25) is 0 Å². The van der Waals surface area contributed by atoms with Gasteiger partial charge < -0.3 is 4.42 Å². The minimum absolute atomic E-state index is 0.0787. The second kappa shape index (κ2) is 4.34. The summed E-state index contributed by atoms with van der Waals surface area (Å²) < 4.78 is 18.9. The number of benzene rings is 1. The molecular formula is C14H16ClFO. The first kappa shape index (κ1) is 12.4. The van der Waals surface area contributed by atoms with Crippen LogP contribution in [0.1, 0.15) is 33.0 Å². The third-order valence-electron chi connectivity index (χ3n) is 2.94. The van der Waals surface area contributed by atoms with Crippen molar-refractivity contribution in [2.24, 2.45) is 0 Å². The Kier molecular flexibility index (Phi) is 3.17. The van der Waals surface area contributed by atoms with Gasteiger partial charge in [0.2, 0.25) is 0 Å². The van der Waals surface area contributed by atoms with Crippen molar-refractivity contribution in [1.29, 1.82) is 0 Å². The zero-order valence-electron chi connectivity index (χ0n) is 10.3. The molecule has 1 nitrogen and oxygen atoms in total. The molecule has 0 radical (unpaired) electrons. The Labute approximate surface area is 106 Å². The van der Waals surface area contributed by atoms with Gasteiger partial charge in [0.1, 0.15) is 17.2 Å². The Morgan fingerprint density at radius 3 is 2.71 bits per heavy atom. The minimum atomic E-state index is -0.242. The Bertz CT molecular complexity index is 528.